The zero-order valence-electron chi connectivity index (χ0n) is 10.8. The minimum Gasteiger partial charge on any atom is -0.457 e. The van der Waals surface area contributed by atoms with Crippen molar-refractivity contribution in [2.24, 2.45) is 0 Å². The Morgan fingerprint density at radius 1 is 1.31 bits per heavy atom. The molecule has 0 amide bonds. The van der Waals surface area contributed by atoms with Crippen LogP contribution < -0.4 is 0 Å². The molecule has 0 N–H and O–H groups in total. The van der Waals surface area contributed by atoms with Crippen LogP contribution in [0.25, 0.3) is 0 Å². The van der Waals surface area contributed by atoms with Gasteiger partial charge in [0.15, 0.2) is 0 Å². The predicted octanol–water partition coefficient (Wildman–Crippen LogP) is 2.18. The van der Waals surface area contributed by atoms with Gasteiger partial charge in [-0.1, -0.05) is 6.58 Å². The number of carbonyl (C=O) groups excluding carboxylic acids is 1. The largest absolute Gasteiger partial charge is 0.457 e. The molecule has 5 heteroatoms. The van der Waals surface area contributed by atoms with E-state index in [0.717, 1.165) is 0 Å². The zero-order valence-corrected chi connectivity index (χ0v) is 11.8. The van der Waals surface area contributed by atoms with Crippen molar-refractivity contribution in [1.82, 2.24) is 0 Å². The average Bonchev–Trinajstić information content (AvgIpc) is 2.18. The Morgan fingerprint density at radius 2 is 1.75 bits per heavy atom. The molecule has 0 aliphatic carbocycles. The molecule has 0 fully saturated rings. The summed E-state index contributed by atoms with van der Waals surface area (Å²) in [7, 11) is -2.45. The highest BCUT2D eigenvalue weighted by Crippen LogP contribution is 2.16. The van der Waals surface area contributed by atoms with Crippen LogP contribution in [0.3, 0.4) is 0 Å². The molecule has 0 aliphatic rings. The van der Waals surface area contributed by atoms with Crippen molar-refractivity contribution < 1.29 is 18.4 Å². The minimum absolute atomic E-state index is 0.350. The number of ether oxygens (including phenoxy) is 1. The first-order chi connectivity index (χ1) is 7.37. The van der Waals surface area contributed by atoms with Crippen LogP contribution in [0.4, 0.5) is 0 Å². The predicted molar refractivity (Wildman–Crippen MR) is 65.2 cm³/mol. The normalized spacial score (nSPS) is 13.3. The Bertz CT molecular complexity index is 246. The van der Waals surface area contributed by atoms with Gasteiger partial charge in [0.1, 0.15) is 5.73 Å². The summed E-state index contributed by atoms with van der Waals surface area (Å²) >= 11 is 0. The minimum atomic E-state index is -2.45. The molecule has 0 heterocycles. The van der Waals surface area contributed by atoms with Crippen LogP contribution in [0.15, 0.2) is 12.2 Å². The van der Waals surface area contributed by atoms with E-state index in [9.17, 15) is 4.79 Å². The van der Waals surface area contributed by atoms with Gasteiger partial charge >= 0.3 is 14.5 Å². The molecule has 0 aromatic carbocycles. The monoisotopic (exact) mass is 246 g/mol. The molecular formula is C11H22O4Si. The molecule has 16 heavy (non-hydrogen) atoms. The lowest BCUT2D eigenvalue weighted by molar-refractivity contribution is -0.141. The van der Waals surface area contributed by atoms with Crippen LogP contribution >= 0.6 is 0 Å². The lowest BCUT2D eigenvalue weighted by Gasteiger charge is -2.31. The Kier molecular flexibility index (Phi) is 6.55. The fourth-order valence-corrected chi connectivity index (χ4v) is 3.24. The maximum Gasteiger partial charge on any atom is 0.376 e. The van der Waals surface area contributed by atoms with Gasteiger partial charge in [0.05, 0.1) is 0 Å². The van der Waals surface area contributed by atoms with Crippen molar-refractivity contribution in [2.75, 3.05) is 13.2 Å². The summed E-state index contributed by atoms with van der Waals surface area (Å²) in [5.41, 5.74) is 0.0350. The molecule has 0 rings (SSSR count). The second kappa shape index (κ2) is 6.83. The number of hydrogen-bond donors (Lipinski definition) is 0. The quantitative estimate of drug-likeness (QED) is 0.392. The number of carbonyl (C=O) groups is 1. The van der Waals surface area contributed by atoms with Crippen LogP contribution in [0, 0.1) is 0 Å². The fraction of sp³-hybridized carbons (Fsp3) is 0.727. The molecule has 94 valence electrons. The van der Waals surface area contributed by atoms with Crippen molar-refractivity contribution >= 4 is 14.5 Å². The Hall–Kier alpha value is -0.653. The van der Waals surface area contributed by atoms with Crippen molar-refractivity contribution in [2.45, 2.75) is 40.0 Å². The Morgan fingerprint density at radius 3 is 2.06 bits per heavy atom. The summed E-state index contributed by atoms with van der Waals surface area (Å²) in [6.45, 7) is 13.8. The third-order valence-corrected chi connectivity index (χ3v) is 5.55. The van der Waals surface area contributed by atoms with E-state index in [2.05, 4.69) is 6.58 Å². The van der Waals surface area contributed by atoms with Gasteiger partial charge in [-0.3, -0.25) is 0 Å². The number of hydrogen-bond acceptors (Lipinski definition) is 4. The van der Waals surface area contributed by atoms with E-state index in [4.69, 9.17) is 13.6 Å². The van der Waals surface area contributed by atoms with Gasteiger partial charge in [-0.15, -0.1) is 0 Å². The highest BCUT2D eigenvalue weighted by molar-refractivity contribution is 6.67. The second-order valence-corrected chi connectivity index (χ2v) is 7.13. The Balaban J connectivity index is 4.54. The number of rotatable bonds is 7. The van der Waals surface area contributed by atoms with Crippen molar-refractivity contribution in [3.8, 4) is 0 Å². The van der Waals surface area contributed by atoms with Crippen molar-refractivity contribution in [1.29, 1.82) is 0 Å². The summed E-state index contributed by atoms with van der Waals surface area (Å²) in [4.78, 5) is 11.4. The van der Waals surface area contributed by atoms with E-state index in [-0.39, 0.29) is 5.73 Å². The summed E-state index contributed by atoms with van der Waals surface area (Å²) in [6.07, 6.45) is 0. The van der Waals surface area contributed by atoms with Gasteiger partial charge in [-0.2, -0.15) is 0 Å². The van der Waals surface area contributed by atoms with E-state index in [1.54, 1.807) is 13.8 Å². The molecule has 0 aromatic rings. The molecule has 4 nitrogen and oxygen atoms in total. The van der Waals surface area contributed by atoms with E-state index < -0.39 is 14.5 Å². The molecule has 0 radical (unpaired) electrons. The highest BCUT2D eigenvalue weighted by Gasteiger charge is 2.41. The molecule has 1 atom stereocenters. The average molecular weight is 246 g/mol. The molecule has 0 saturated carbocycles. The van der Waals surface area contributed by atoms with Crippen molar-refractivity contribution in [3.05, 3.63) is 12.2 Å². The van der Waals surface area contributed by atoms with Crippen LogP contribution in [-0.4, -0.2) is 33.5 Å². The molecule has 0 aromatic heterocycles. The maximum atomic E-state index is 11.4. The fourth-order valence-electron chi connectivity index (χ4n) is 1.22. The Labute approximate surface area is 98.8 Å². The van der Waals surface area contributed by atoms with E-state index >= 15 is 0 Å². The third-order valence-electron chi connectivity index (χ3n) is 2.23. The van der Waals surface area contributed by atoms with Gasteiger partial charge in [0, 0.05) is 18.8 Å². The molecular weight excluding hydrogens is 224 g/mol. The third kappa shape index (κ3) is 4.47. The lowest BCUT2D eigenvalue weighted by atomic mass is 10.4. The first kappa shape index (κ1) is 15.3. The van der Waals surface area contributed by atoms with Gasteiger partial charge in [-0.05, 0) is 34.2 Å². The first-order valence-corrected chi connectivity index (χ1v) is 7.91. The van der Waals surface area contributed by atoms with E-state index in [0.29, 0.717) is 18.8 Å². The van der Waals surface area contributed by atoms with Crippen LogP contribution in [0.2, 0.25) is 6.55 Å². The molecule has 0 aliphatic heterocycles. The van der Waals surface area contributed by atoms with E-state index in [1.165, 1.54) is 0 Å². The number of esters is 1. The standard InChI is InChI=1S/C11H22O4Si/c1-7-13-16(6,14-8-2)10(5)15-11(12)9(3)4/h10H,3,7-8H2,1-2,4-6H3. The highest BCUT2D eigenvalue weighted by atomic mass is 28.4. The summed E-state index contributed by atoms with van der Waals surface area (Å²) in [5, 5.41) is 0. The van der Waals surface area contributed by atoms with Gasteiger partial charge in [0.25, 0.3) is 0 Å². The molecule has 0 spiro atoms. The topological polar surface area (TPSA) is 44.8 Å². The smallest absolute Gasteiger partial charge is 0.376 e. The maximum absolute atomic E-state index is 11.4. The summed E-state index contributed by atoms with van der Waals surface area (Å²) in [6, 6.07) is 0. The van der Waals surface area contributed by atoms with Crippen LogP contribution in [0.5, 0.6) is 0 Å². The second-order valence-electron chi connectivity index (χ2n) is 3.71. The van der Waals surface area contributed by atoms with Crippen LogP contribution in [0.1, 0.15) is 27.7 Å². The lowest BCUT2D eigenvalue weighted by Crippen LogP contribution is -2.51. The van der Waals surface area contributed by atoms with E-state index in [1.807, 2.05) is 20.4 Å². The van der Waals surface area contributed by atoms with Crippen molar-refractivity contribution in [3.63, 3.8) is 0 Å². The summed E-state index contributed by atoms with van der Waals surface area (Å²) < 4.78 is 16.5. The molecule has 0 bridgehead atoms. The first-order valence-electron chi connectivity index (χ1n) is 5.51. The van der Waals surface area contributed by atoms with Gasteiger partial charge in [0.2, 0.25) is 0 Å². The SMILES string of the molecule is C=C(C)C(=O)OC(C)[Si](C)(OCC)OCC. The molecule has 0 saturated heterocycles. The van der Waals surface area contributed by atoms with Gasteiger partial charge in [-0.25, -0.2) is 4.79 Å². The summed E-state index contributed by atoms with van der Waals surface area (Å²) in [5.74, 6) is -0.398. The molecule has 1 unspecified atom stereocenters. The van der Waals surface area contributed by atoms with Gasteiger partial charge < -0.3 is 13.6 Å². The van der Waals surface area contributed by atoms with Crippen LogP contribution in [-0.2, 0) is 18.4 Å². The zero-order chi connectivity index (χ0) is 12.8.